The molecule has 1 heterocycles. The summed E-state index contributed by atoms with van der Waals surface area (Å²) in [5.41, 5.74) is 0. The molecule has 1 aromatic rings. The Morgan fingerprint density at radius 3 is 2.41 bits per heavy atom. The Hall–Kier alpha value is -0.490. The Labute approximate surface area is 111 Å². The van der Waals surface area contributed by atoms with Crippen molar-refractivity contribution in [2.24, 2.45) is 0 Å². The predicted octanol–water partition coefficient (Wildman–Crippen LogP) is 2.22. The first-order chi connectivity index (χ1) is 7.52. The van der Waals surface area contributed by atoms with Gasteiger partial charge in [0.2, 0.25) is 5.03 Å². The number of aromatic nitrogens is 1. The van der Waals surface area contributed by atoms with Crippen molar-refractivity contribution >= 4 is 42.3 Å². The van der Waals surface area contributed by atoms with E-state index in [2.05, 4.69) is 9.72 Å². The third-order valence-corrected chi connectivity index (χ3v) is 3.62. The lowest BCUT2D eigenvalue weighted by molar-refractivity contribution is -0.275. The van der Waals surface area contributed by atoms with Gasteiger partial charge < -0.3 is 9.84 Å². The van der Waals surface area contributed by atoms with Crippen LogP contribution < -0.4 is 4.74 Å². The van der Waals surface area contributed by atoms with Gasteiger partial charge in [0.05, 0.1) is 6.20 Å². The summed E-state index contributed by atoms with van der Waals surface area (Å²) in [7, 11) is 0.558. The van der Waals surface area contributed by atoms with Crippen LogP contribution in [0, 0.1) is 3.57 Å². The van der Waals surface area contributed by atoms with Crippen LogP contribution in [0.3, 0.4) is 0 Å². The summed E-state index contributed by atoms with van der Waals surface area (Å²) >= 11 is 1.27. The van der Waals surface area contributed by atoms with Gasteiger partial charge in [0.15, 0.2) is 11.5 Å². The maximum absolute atomic E-state index is 11.9. The van der Waals surface area contributed by atoms with Crippen LogP contribution in [0.1, 0.15) is 0 Å². The van der Waals surface area contributed by atoms with Crippen molar-refractivity contribution in [2.45, 2.75) is 11.4 Å². The molecule has 0 atom stereocenters. The first-order valence-electron chi connectivity index (χ1n) is 3.60. The van der Waals surface area contributed by atoms with Gasteiger partial charge >= 0.3 is 6.36 Å². The lowest BCUT2D eigenvalue weighted by atomic mass is 10.4. The highest BCUT2D eigenvalue weighted by molar-refractivity contribution is 14.1. The zero-order valence-corrected chi connectivity index (χ0v) is 11.2. The molecule has 1 rings (SSSR count). The number of rotatable bonds is 2. The molecule has 0 amide bonds. The summed E-state index contributed by atoms with van der Waals surface area (Å²) in [4.78, 5) is 3.09. The highest BCUT2D eigenvalue weighted by atomic mass is 127. The minimum absolute atomic E-state index is 0.464. The second-order valence-electron chi connectivity index (χ2n) is 2.58. The van der Waals surface area contributed by atoms with Gasteiger partial charge in [0.25, 0.3) is 9.05 Å². The van der Waals surface area contributed by atoms with E-state index >= 15 is 0 Å². The monoisotopic (exact) mass is 403 g/mol. The minimum Gasteiger partial charge on any atom is -0.504 e. The van der Waals surface area contributed by atoms with Gasteiger partial charge in [-0.1, -0.05) is 0 Å². The molecule has 11 heteroatoms. The number of alkyl halides is 3. The van der Waals surface area contributed by atoms with E-state index in [1.807, 2.05) is 0 Å². The molecule has 0 aromatic carbocycles. The summed E-state index contributed by atoms with van der Waals surface area (Å²) < 4.78 is 60.5. The molecule has 0 aliphatic carbocycles. The number of hydrogen-bond donors (Lipinski definition) is 1. The van der Waals surface area contributed by atoms with Gasteiger partial charge in [-0.3, -0.25) is 0 Å². The lowest BCUT2D eigenvalue weighted by Crippen LogP contribution is -2.18. The first-order valence-corrected chi connectivity index (χ1v) is 6.99. The maximum atomic E-state index is 11.9. The average molecular weight is 404 g/mol. The molecule has 0 aliphatic heterocycles. The molecule has 1 aromatic heterocycles. The number of pyridine rings is 1. The van der Waals surface area contributed by atoms with Crippen molar-refractivity contribution in [1.82, 2.24) is 4.98 Å². The van der Waals surface area contributed by atoms with Gasteiger partial charge in [-0.25, -0.2) is 13.4 Å². The molecule has 0 spiro atoms. The average Bonchev–Trinajstić information content (AvgIpc) is 2.08. The second-order valence-corrected chi connectivity index (χ2v) is 6.14. The van der Waals surface area contributed by atoms with Crippen LogP contribution >= 0.6 is 33.3 Å². The van der Waals surface area contributed by atoms with Gasteiger partial charge in [-0.05, 0) is 22.6 Å². The van der Waals surface area contributed by atoms with Crippen LogP contribution in [-0.4, -0.2) is 24.9 Å². The maximum Gasteiger partial charge on any atom is 0.573 e. The first kappa shape index (κ1) is 14.6. The molecule has 0 saturated carbocycles. The van der Waals surface area contributed by atoms with Crippen LogP contribution in [0.5, 0.6) is 11.5 Å². The highest BCUT2D eigenvalue weighted by Crippen LogP contribution is 2.36. The van der Waals surface area contributed by atoms with E-state index in [0.717, 1.165) is 0 Å². The van der Waals surface area contributed by atoms with E-state index < -0.39 is 35.5 Å². The van der Waals surface area contributed by atoms with Crippen LogP contribution in [0.4, 0.5) is 13.2 Å². The van der Waals surface area contributed by atoms with Crippen molar-refractivity contribution in [3.05, 3.63) is 9.77 Å². The Morgan fingerprint density at radius 2 is 2.00 bits per heavy atom. The summed E-state index contributed by atoms with van der Waals surface area (Å²) in [5, 5.41) is 8.40. The number of ether oxygens (including phenoxy) is 1. The van der Waals surface area contributed by atoms with Crippen molar-refractivity contribution < 1.29 is 31.4 Å². The van der Waals surface area contributed by atoms with Gasteiger partial charge in [-0.2, -0.15) is 0 Å². The van der Waals surface area contributed by atoms with E-state index in [-0.39, 0.29) is 0 Å². The Kier molecular flexibility index (Phi) is 3.98. The van der Waals surface area contributed by atoms with Crippen LogP contribution in [0.15, 0.2) is 11.2 Å². The summed E-state index contributed by atoms with van der Waals surface area (Å²) in [6, 6.07) is 0. The predicted molar refractivity (Wildman–Crippen MR) is 58.3 cm³/mol. The number of nitrogens with zero attached hydrogens (tertiary/aromatic N) is 1. The molecule has 1 N–H and O–H groups in total. The van der Waals surface area contributed by atoms with E-state index in [1.165, 1.54) is 22.6 Å². The fraction of sp³-hybridized carbons (Fsp3) is 0.167. The number of aromatic hydroxyl groups is 1. The smallest absolute Gasteiger partial charge is 0.504 e. The van der Waals surface area contributed by atoms with Gasteiger partial charge in [0, 0.05) is 10.7 Å². The largest absolute Gasteiger partial charge is 0.573 e. The van der Waals surface area contributed by atoms with E-state index in [1.54, 1.807) is 0 Å². The molecule has 0 unspecified atom stereocenters. The van der Waals surface area contributed by atoms with Crippen molar-refractivity contribution in [3.8, 4) is 11.5 Å². The van der Waals surface area contributed by atoms with Crippen LogP contribution in [0.2, 0.25) is 0 Å². The van der Waals surface area contributed by atoms with Crippen molar-refractivity contribution in [2.75, 3.05) is 0 Å². The topological polar surface area (TPSA) is 76.5 Å². The normalized spacial score (nSPS) is 12.5. The SMILES string of the molecule is O=S(=O)(Cl)c1ncc(OC(F)(F)F)c(I)c1O. The van der Waals surface area contributed by atoms with Gasteiger partial charge in [0.1, 0.15) is 3.57 Å². The standard InChI is InChI=1S/C6H2ClF3INO4S/c7-17(14,15)5-4(13)3(11)2(1-12-5)16-6(8,9)10/h1,13H. The van der Waals surface area contributed by atoms with Crippen molar-refractivity contribution in [1.29, 1.82) is 0 Å². The molecule has 0 radical (unpaired) electrons. The third kappa shape index (κ3) is 3.74. The Morgan fingerprint density at radius 1 is 1.47 bits per heavy atom. The molecule has 0 fully saturated rings. The van der Waals surface area contributed by atoms with E-state index in [9.17, 15) is 26.7 Å². The quantitative estimate of drug-likeness (QED) is 0.605. The molecule has 0 aliphatic rings. The molecule has 96 valence electrons. The second kappa shape index (κ2) is 4.65. The van der Waals surface area contributed by atoms with Crippen molar-refractivity contribution in [3.63, 3.8) is 0 Å². The molecule has 0 bridgehead atoms. The third-order valence-electron chi connectivity index (χ3n) is 1.38. The lowest BCUT2D eigenvalue weighted by Gasteiger charge is -2.11. The molecular weight excluding hydrogens is 401 g/mol. The molecule has 5 nitrogen and oxygen atoms in total. The molecular formula is C6H2ClF3INO4S. The van der Waals surface area contributed by atoms with E-state index in [4.69, 9.17) is 10.7 Å². The highest BCUT2D eigenvalue weighted by Gasteiger charge is 2.33. The van der Waals surface area contributed by atoms with E-state index in [0.29, 0.717) is 6.20 Å². The summed E-state index contributed by atoms with van der Waals surface area (Å²) in [5.74, 6) is -1.82. The number of hydrogen-bond acceptors (Lipinski definition) is 5. The zero-order chi connectivity index (χ0) is 13.4. The van der Waals surface area contributed by atoms with Crippen LogP contribution in [0.25, 0.3) is 0 Å². The fourth-order valence-electron chi connectivity index (χ4n) is 0.820. The Bertz CT molecular complexity index is 547. The fourth-order valence-corrected chi connectivity index (χ4v) is 2.36. The molecule has 17 heavy (non-hydrogen) atoms. The molecule has 0 saturated heterocycles. The van der Waals surface area contributed by atoms with Gasteiger partial charge in [-0.15, -0.1) is 13.2 Å². The summed E-state index contributed by atoms with van der Waals surface area (Å²) in [6.45, 7) is 0. The zero-order valence-electron chi connectivity index (χ0n) is 7.49. The minimum atomic E-state index is -4.98. The van der Waals surface area contributed by atoms with Crippen LogP contribution in [-0.2, 0) is 9.05 Å². The Balaban J connectivity index is 3.30. The summed E-state index contributed by atoms with van der Waals surface area (Å²) in [6.07, 6.45) is -4.47. The number of halogens is 5.